The molecule has 0 amide bonds. The van der Waals surface area contributed by atoms with Gasteiger partial charge in [0.25, 0.3) is 0 Å². The number of halogens is 1. The largest absolute Gasteiger partial charge is 0.496 e. The molecule has 1 aromatic rings. The normalized spacial score (nSPS) is 20.3. The lowest BCUT2D eigenvalue weighted by atomic mass is 9.91. The Balaban J connectivity index is 2.21. The van der Waals surface area contributed by atoms with Crippen LogP contribution in [-0.4, -0.2) is 20.2 Å². The van der Waals surface area contributed by atoms with Crippen LogP contribution in [-0.2, 0) is 6.42 Å². The highest BCUT2D eigenvalue weighted by Crippen LogP contribution is 2.33. The Bertz CT molecular complexity index is 386. The highest BCUT2D eigenvalue weighted by Gasteiger charge is 2.18. The van der Waals surface area contributed by atoms with Gasteiger partial charge in [-0.3, -0.25) is 0 Å². The van der Waals surface area contributed by atoms with Gasteiger partial charge in [-0.05, 0) is 56.8 Å². The maximum Gasteiger partial charge on any atom is 0.126 e. The lowest BCUT2D eigenvalue weighted by molar-refractivity contribution is 0.362. The van der Waals surface area contributed by atoms with Gasteiger partial charge < -0.3 is 10.1 Å². The van der Waals surface area contributed by atoms with E-state index in [2.05, 4.69) is 40.3 Å². The van der Waals surface area contributed by atoms with Gasteiger partial charge in [0.1, 0.15) is 5.75 Å². The second-order valence-electron chi connectivity index (χ2n) is 4.79. The smallest absolute Gasteiger partial charge is 0.126 e. The topological polar surface area (TPSA) is 21.3 Å². The predicted octanol–water partition coefficient (Wildman–Crippen LogP) is 3.31. The molecule has 1 aliphatic heterocycles. The molecule has 1 atom stereocenters. The number of ether oxygens (including phenoxy) is 1. The summed E-state index contributed by atoms with van der Waals surface area (Å²) >= 11 is 3.65. The third-order valence-electron chi connectivity index (χ3n) is 3.50. The number of rotatable bonds is 3. The molecule has 94 valence electrons. The molecule has 2 nitrogen and oxygen atoms in total. The van der Waals surface area contributed by atoms with Crippen LogP contribution in [0.2, 0.25) is 0 Å². The minimum atomic E-state index is 0.732. The molecule has 0 radical (unpaired) electrons. The summed E-state index contributed by atoms with van der Waals surface area (Å²) in [7, 11) is 1.76. The van der Waals surface area contributed by atoms with E-state index in [0.29, 0.717) is 0 Å². The molecule has 0 bridgehead atoms. The standard InChI is InChI=1S/C14H20BrNO/c1-10-5-6-13(15)12(14(10)17-2)8-11-4-3-7-16-9-11/h5-6,11,16H,3-4,7-9H2,1-2H3. The van der Waals surface area contributed by atoms with Gasteiger partial charge in [-0.2, -0.15) is 0 Å². The minimum Gasteiger partial charge on any atom is -0.496 e. The number of hydrogen-bond donors (Lipinski definition) is 1. The molecule has 0 aliphatic carbocycles. The number of nitrogens with one attached hydrogen (secondary N) is 1. The number of hydrogen-bond acceptors (Lipinski definition) is 2. The maximum absolute atomic E-state index is 5.55. The van der Waals surface area contributed by atoms with E-state index in [0.717, 1.165) is 24.6 Å². The van der Waals surface area contributed by atoms with Crippen molar-refractivity contribution in [3.63, 3.8) is 0 Å². The Morgan fingerprint density at radius 1 is 1.47 bits per heavy atom. The molecule has 1 aromatic carbocycles. The van der Waals surface area contributed by atoms with Crippen molar-refractivity contribution in [1.29, 1.82) is 0 Å². The lowest BCUT2D eigenvalue weighted by Gasteiger charge is -2.24. The van der Waals surface area contributed by atoms with Crippen molar-refractivity contribution in [2.24, 2.45) is 5.92 Å². The SMILES string of the molecule is COc1c(C)ccc(Br)c1CC1CCCNC1. The number of aryl methyl sites for hydroxylation is 1. The Morgan fingerprint density at radius 2 is 2.29 bits per heavy atom. The molecule has 1 N–H and O–H groups in total. The van der Waals surface area contributed by atoms with Crippen LogP contribution in [0.25, 0.3) is 0 Å². The zero-order valence-electron chi connectivity index (χ0n) is 10.6. The zero-order valence-corrected chi connectivity index (χ0v) is 12.1. The van der Waals surface area contributed by atoms with Crippen LogP contribution in [0.1, 0.15) is 24.0 Å². The predicted molar refractivity (Wildman–Crippen MR) is 74.7 cm³/mol. The summed E-state index contributed by atoms with van der Waals surface area (Å²) in [5.74, 6) is 1.78. The van der Waals surface area contributed by atoms with Crippen LogP contribution in [0.15, 0.2) is 16.6 Å². The quantitative estimate of drug-likeness (QED) is 0.924. The molecule has 3 heteroatoms. The molecule has 1 unspecified atom stereocenters. The first kappa shape index (κ1) is 12.9. The van der Waals surface area contributed by atoms with Crippen LogP contribution >= 0.6 is 15.9 Å². The van der Waals surface area contributed by atoms with Crippen LogP contribution in [0.5, 0.6) is 5.75 Å². The van der Waals surface area contributed by atoms with Crippen molar-refractivity contribution in [1.82, 2.24) is 5.32 Å². The van der Waals surface area contributed by atoms with Gasteiger partial charge in [-0.1, -0.05) is 22.0 Å². The summed E-state index contributed by atoms with van der Waals surface area (Å²) in [6.07, 6.45) is 3.70. The molecule has 0 aromatic heterocycles. The van der Waals surface area contributed by atoms with E-state index in [4.69, 9.17) is 4.74 Å². The third kappa shape index (κ3) is 3.02. The molecule has 1 fully saturated rings. The Labute approximate surface area is 112 Å². The first-order valence-corrected chi connectivity index (χ1v) is 7.04. The van der Waals surface area contributed by atoms with Crippen LogP contribution in [0, 0.1) is 12.8 Å². The number of methoxy groups -OCH3 is 1. The van der Waals surface area contributed by atoms with E-state index in [1.54, 1.807) is 7.11 Å². The number of piperidine rings is 1. The van der Waals surface area contributed by atoms with Crippen molar-refractivity contribution in [2.75, 3.05) is 20.2 Å². The fourth-order valence-electron chi connectivity index (χ4n) is 2.58. The van der Waals surface area contributed by atoms with Crippen LogP contribution < -0.4 is 10.1 Å². The van der Waals surface area contributed by atoms with Gasteiger partial charge in [-0.15, -0.1) is 0 Å². The molecule has 0 saturated carbocycles. The second-order valence-corrected chi connectivity index (χ2v) is 5.65. The lowest BCUT2D eigenvalue weighted by Crippen LogP contribution is -2.31. The Hall–Kier alpha value is -0.540. The average molecular weight is 298 g/mol. The summed E-state index contributed by atoms with van der Waals surface area (Å²) in [6, 6.07) is 4.23. The monoisotopic (exact) mass is 297 g/mol. The minimum absolute atomic E-state index is 0.732. The van der Waals surface area contributed by atoms with Gasteiger partial charge >= 0.3 is 0 Å². The highest BCUT2D eigenvalue weighted by molar-refractivity contribution is 9.10. The van der Waals surface area contributed by atoms with Gasteiger partial charge in [-0.25, -0.2) is 0 Å². The van der Waals surface area contributed by atoms with Crippen molar-refractivity contribution < 1.29 is 4.74 Å². The van der Waals surface area contributed by atoms with E-state index >= 15 is 0 Å². The molecule has 2 rings (SSSR count). The molecule has 1 aliphatic rings. The molecule has 0 spiro atoms. The summed E-state index contributed by atoms with van der Waals surface area (Å²) in [6.45, 7) is 4.40. The van der Waals surface area contributed by atoms with Gasteiger partial charge in [0.15, 0.2) is 0 Å². The molecular formula is C14H20BrNO. The molecule has 17 heavy (non-hydrogen) atoms. The van der Waals surface area contributed by atoms with Gasteiger partial charge in [0, 0.05) is 10.0 Å². The van der Waals surface area contributed by atoms with E-state index in [1.807, 2.05) is 0 Å². The van der Waals surface area contributed by atoms with Crippen molar-refractivity contribution in [3.8, 4) is 5.75 Å². The van der Waals surface area contributed by atoms with E-state index in [1.165, 1.54) is 35.0 Å². The van der Waals surface area contributed by atoms with E-state index < -0.39 is 0 Å². The zero-order chi connectivity index (χ0) is 12.3. The molecule has 1 heterocycles. The Morgan fingerprint density at radius 3 is 2.94 bits per heavy atom. The number of benzene rings is 1. The van der Waals surface area contributed by atoms with Crippen LogP contribution in [0.4, 0.5) is 0 Å². The fourth-order valence-corrected chi connectivity index (χ4v) is 3.06. The second kappa shape index (κ2) is 5.87. The van der Waals surface area contributed by atoms with Crippen molar-refractivity contribution in [3.05, 3.63) is 27.7 Å². The first-order chi connectivity index (χ1) is 8.22. The fraction of sp³-hybridized carbons (Fsp3) is 0.571. The molecular weight excluding hydrogens is 278 g/mol. The summed E-state index contributed by atoms with van der Waals surface area (Å²) in [5.41, 5.74) is 2.54. The highest BCUT2D eigenvalue weighted by atomic mass is 79.9. The van der Waals surface area contributed by atoms with Crippen molar-refractivity contribution >= 4 is 15.9 Å². The summed E-state index contributed by atoms with van der Waals surface area (Å²) in [4.78, 5) is 0. The van der Waals surface area contributed by atoms with Crippen LogP contribution in [0.3, 0.4) is 0 Å². The first-order valence-electron chi connectivity index (χ1n) is 6.25. The summed E-state index contributed by atoms with van der Waals surface area (Å²) < 4.78 is 6.72. The van der Waals surface area contributed by atoms with Gasteiger partial charge in [0.2, 0.25) is 0 Å². The third-order valence-corrected chi connectivity index (χ3v) is 4.24. The van der Waals surface area contributed by atoms with Crippen molar-refractivity contribution in [2.45, 2.75) is 26.2 Å². The van der Waals surface area contributed by atoms with Gasteiger partial charge in [0.05, 0.1) is 7.11 Å². The average Bonchev–Trinajstić information content (AvgIpc) is 2.35. The Kier molecular flexibility index (Phi) is 4.46. The van der Waals surface area contributed by atoms with E-state index in [9.17, 15) is 0 Å². The summed E-state index contributed by atoms with van der Waals surface area (Å²) in [5, 5.41) is 3.47. The molecule has 1 saturated heterocycles. The maximum atomic E-state index is 5.55. The van der Waals surface area contributed by atoms with E-state index in [-0.39, 0.29) is 0 Å².